The number of hydrogen-bond donors (Lipinski definition) is 4. The summed E-state index contributed by atoms with van der Waals surface area (Å²) in [5, 5.41) is 14.8. The number of nitrogens with one attached hydrogen (secondary N) is 2. The van der Waals surface area contributed by atoms with Crippen molar-refractivity contribution < 1.29 is 24.3 Å². The summed E-state index contributed by atoms with van der Waals surface area (Å²) < 4.78 is 0. The molecule has 9 nitrogen and oxygen atoms in total. The van der Waals surface area contributed by atoms with E-state index in [2.05, 4.69) is 10.6 Å². The first-order valence-corrected chi connectivity index (χ1v) is 12.9. The molecule has 0 spiro atoms. The molecule has 1 aliphatic heterocycles. The third-order valence-corrected chi connectivity index (χ3v) is 7.04. The lowest BCUT2D eigenvalue weighted by atomic mass is 9.95. The Morgan fingerprint density at radius 3 is 2.28 bits per heavy atom. The van der Waals surface area contributed by atoms with Crippen molar-refractivity contribution >= 4 is 35.5 Å². The van der Waals surface area contributed by atoms with Crippen LogP contribution in [0.2, 0.25) is 0 Å². The summed E-state index contributed by atoms with van der Waals surface area (Å²) in [6.07, 6.45) is 4.68. The Morgan fingerprint density at radius 1 is 1.12 bits per heavy atom. The maximum atomic E-state index is 13.4. The summed E-state index contributed by atoms with van der Waals surface area (Å²) in [6, 6.07) is -3.25. The molecule has 5 N–H and O–H groups in total. The summed E-state index contributed by atoms with van der Waals surface area (Å²) in [6.45, 7) is 8.04. The molecule has 0 aliphatic carbocycles. The van der Waals surface area contributed by atoms with Crippen LogP contribution in [0.25, 0.3) is 0 Å². The van der Waals surface area contributed by atoms with E-state index in [1.807, 2.05) is 34.0 Å². The highest BCUT2D eigenvalue weighted by Crippen LogP contribution is 2.22. The van der Waals surface area contributed by atoms with Crippen LogP contribution in [0.15, 0.2) is 0 Å². The molecule has 0 aromatic heterocycles. The summed E-state index contributed by atoms with van der Waals surface area (Å²) in [7, 11) is 0. The third-order valence-electron chi connectivity index (χ3n) is 6.40. The van der Waals surface area contributed by atoms with Crippen LogP contribution in [-0.2, 0) is 19.2 Å². The lowest BCUT2D eigenvalue weighted by Crippen LogP contribution is -2.59. The summed E-state index contributed by atoms with van der Waals surface area (Å²) >= 11 is 1.50. The minimum absolute atomic E-state index is 0.0257. The van der Waals surface area contributed by atoms with Crippen molar-refractivity contribution in [2.24, 2.45) is 17.6 Å². The van der Waals surface area contributed by atoms with Crippen LogP contribution >= 0.6 is 11.8 Å². The predicted octanol–water partition coefficient (Wildman–Crippen LogP) is 1.20. The molecule has 10 heteroatoms. The number of aliphatic carboxylic acids is 1. The van der Waals surface area contributed by atoms with E-state index in [9.17, 15) is 24.3 Å². The second kappa shape index (κ2) is 13.7. The van der Waals surface area contributed by atoms with Crippen LogP contribution < -0.4 is 16.4 Å². The van der Waals surface area contributed by atoms with Gasteiger partial charge >= 0.3 is 5.97 Å². The molecule has 184 valence electrons. The SMILES string of the molecule is CCC(C)C(N)C(=O)NC(C(=O)N1CCCC1C(=O)NC(CCSC)C(=O)O)C(C)CC. The molecule has 0 aromatic rings. The number of nitrogens with two attached hydrogens (primary N) is 1. The number of hydrogen-bond acceptors (Lipinski definition) is 6. The van der Waals surface area contributed by atoms with Gasteiger partial charge in [-0.25, -0.2) is 4.79 Å². The van der Waals surface area contributed by atoms with Crippen molar-refractivity contribution in [3.05, 3.63) is 0 Å². The van der Waals surface area contributed by atoms with Gasteiger partial charge in [0.2, 0.25) is 17.7 Å². The maximum Gasteiger partial charge on any atom is 0.326 e. The zero-order chi connectivity index (χ0) is 24.4. The molecule has 0 bridgehead atoms. The van der Waals surface area contributed by atoms with Crippen molar-refractivity contribution in [3.8, 4) is 0 Å². The van der Waals surface area contributed by atoms with Crippen molar-refractivity contribution in [1.29, 1.82) is 0 Å². The van der Waals surface area contributed by atoms with E-state index in [-0.39, 0.29) is 23.7 Å². The van der Waals surface area contributed by atoms with Crippen LogP contribution in [0.3, 0.4) is 0 Å². The van der Waals surface area contributed by atoms with E-state index < -0.39 is 36.0 Å². The van der Waals surface area contributed by atoms with Crippen LogP contribution in [0.5, 0.6) is 0 Å². The highest BCUT2D eigenvalue weighted by molar-refractivity contribution is 7.98. The molecule has 1 fully saturated rings. The van der Waals surface area contributed by atoms with Crippen molar-refractivity contribution in [2.75, 3.05) is 18.6 Å². The quantitative estimate of drug-likeness (QED) is 0.315. The molecular formula is C22H40N4O5S. The number of carboxylic acids is 1. The highest BCUT2D eigenvalue weighted by Gasteiger charge is 2.40. The van der Waals surface area contributed by atoms with Crippen LogP contribution in [0, 0.1) is 11.8 Å². The van der Waals surface area contributed by atoms with Gasteiger partial charge < -0.3 is 26.4 Å². The molecule has 1 rings (SSSR count). The topological polar surface area (TPSA) is 142 Å². The van der Waals surface area contributed by atoms with Gasteiger partial charge in [-0.3, -0.25) is 14.4 Å². The molecule has 0 saturated carbocycles. The molecule has 1 saturated heterocycles. The zero-order valence-electron chi connectivity index (χ0n) is 19.9. The third kappa shape index (κ3) is 7.65. The Kier molecular flexibility index (Phi) is 12.1. The normalized spacial score (nSPS) is 20.7. The molecule has 32 heavy (non-hydrogen) atoms. The number of carbonyl (C=O) groups excluding carboxylic acids is 3. The van der Waals surface area contributed by atoms with E-state index >= 15 is 0 Å². The fourth-order valence-corrected chi connectivity index (χ4v) is 4.16. The van der Waals surface area contributed by atoms with Crippen molar-refractivity contribution in [1.82, 2.24) is 15.5 Å². The van der Waals surface area contributed by atoms with Gasteiger partial charge in [0, 0.05) is 6.54 Å². The molecule has 1 heterocycles. The largest absolute Gasteiger partial charge is 0.480 e. The Morgan fingerprint density at radius 2 is 1.75 bits per heavy atom. The van der Waals surface area contributed by atoms with Gasteiger partial charge in [0.25, 0.3) is 0 Å². The molecule has 0 aromatic carbocycles. The maximum absolute atomic E-state index is 13.4. The van der Waals surface area contributed by atoms with Crippen LogP contribution in [0.1, 0.15) is 59.8 Å². The number of carboxylic acid groups (broad SMARTS) is 1. The number of amides is 3. The molecule has 1 aliphatic rings. The monoisotopic (exact) mass is 472 g/mol. The highest BCUT2D eigenvalue weighted by atomic mass is 32.2. The Bertz CT molecular complexity index is 662. The van der Waals surface area contributed by atoms with E-state index in [1.54, 1.807) is 0 Å². The molecular weight excluding hydrogens is 432 g/mol. The molecule has 0 radical (unpaired) electrons. The lowest BCUT2D eigenvalue weighted by Gasteiger charge is -2.32. The Hall–Kier alpha value is -1.81. The van der Waals surface area contributed by atoms with E-state index in [4.69, 9.17) is 5.73 Å². The number of thioether (sulfide) groups is 1. The first-order chi connectivity index (χ1) is 15.1. The van der Waals surface area contributed by atoms with Gasteiger partial charge in [-0.2, -0.15) is 11.8 Å². The summed E-state index contributed by atoms with van der Waals surface area (Å²) in [4.78, 5) is 52.0. The van der Waals surface area contributed by atoms with Gasteiger partial charge in [0.05, 0.1) is 6.04 Å². The van der Waals surface area contributed by atoms with Crippen LogP contribution in [0.4, 0.5) is 0 Å². The summed E-state index contributed by atoms with van der Waals surface area (Å²) in [5.41, 5.74) is 6.05. The van der Waals surface area contributed by atoms with Gasteiger partial charge in [-0.15, -0.1) is 0 Å². The van der Waals surface area contributed by atoms with E-state index in [1.165, 1.54) is 16.7 Å². The first kappa shape index (κ1) is 28.2. The minimum atomic E-state index is -1.09. The number of rotatable bonds is 13. The van der Waals surface area contributed by atoms with Gasteiger partial charge in [-0.05, 0) is 43.1 Å². The second-order valence-electron chi connectivity index (χ2n) is 8.65. The lowest BCUT2D eigenvalue weighted by molar-refractivity contribution is -0.145. The Labute approximate surface area is 195 Å². The number of carbonyl (C=O) groups is 4. The molecule has 6 atom stereocenters. The smallest absolute Gasteiger partial charge is 0.326 e. The fourth-order valence-electron chi connectivity index (χ4n) is 3.69. The molecule has 3 amide bonds. The zero-order valence-corrected chi connectivity index (χ0v) is 20.7. The predicted molar refractivity (Wildman–Crippen MR) is 126 cm³/mol. The second-order valence-corrected chi connectivity index (χ2v) is 9.64. The fraction of sp³-hybridized carbons (Fsp3) is 0.818. The average molecular weight is 473 g/mol. The van der Waals surface area contributed by atoms with Gasteiger partial charge in [-0.1, -0.05) is 40.5 Å². The summed E-state index contributed by atoms with van der Waals surface area (Å²) in [5.74, 6) is -1.82. The Balaban J connectivity index is 2.97. The average Bonchev–Trinajstić information content (AvgIpc) is 3.27. The van der Waals surface area contributed by atoms with Gasteiger partial charge in [0.15, 0.2) is 0 Å². The van der Waals surface area contributed by atoms with Crippen LogP contribution in [-0.4, -0.2) is 76.4 Å². The number of likely N-dealkylation sites (tertiary alicyclic amines) is 1. The minimum Gasteiger partial charge on any atom is -0.480 e. The standard InChI is InChI=1S/C22H40N4O5S/c1-6-13(3)17(23)20(28)25-18(14(4)7-2)21(29)26-11-8-9-16(26)19(27)24-15(22(30)31)10-12-32-5/h13-18H,6-12,23H2,1-5H3,(H,24,27)(H,25,28)(H,30,31). The molecule has 6 unspecified atom stereocenters. The van der Waals surface area contributed by atoms with E-state index in [0.29, 0.717) is 38.0 Å². The van der Waals surface area contributed by atoms with Crippen molar-refractivity contribution in [3.63, 3.8) is 0 Å². The van der Waals surface area contributed by atoms with Crippen molar-refractivity contribution in [2.45, 2.75) is 84.0 Å². The number of nitrogens with zero attached hydrogens (tertiary/aromatic N) is 1. The first-order valence-electron chi connectivity index (χ1n) is 11.5. The van der Waals surface area contributed by atoms with Gasteiger partial charge in [0.1, 0.15) is 18.1 Å². The van der Waals surface area contributed by atoms with E-state index in [0.717, 1.165) is 6.42 Å².